The van der Waals surface area contributed by atoms with Crippen LogP contribution in [0.3, 0.4) is 0 Å². The van der Waals surface area contributed by atoms with Crippen molar-refractivity contribution in [3.05, 3.63) is 48.4 Å². The van der Waals surface area contributed by atoms with Gasteiger partial charge in [0.2, 0.25) is 11.8 Å². The van der Waals surface area contributed by atoms with Gasteiger partial charge in [-0.2, -0.15) is 10.4 Å². The van der Waals surface area contributed by atoms with E-state index in [-0.39, 0.29) is 11.5 Å². The predicted octanol–water partition coefficient (Wildman–Crippen LogP) is 3.47. The highest BCUT2D eigenvalue weighted by Crippen LogP contribution is 2.68. The van der Waals surface area contributed by atoms with Gasteiger partial charge in [0.05, 0.1) is 28.4 Å². The van der Waals surface area contributed by atoms with Crippen LogP contribution in [0.2, 0.25) is 0 Å². The van der Waals surface area contributed by atoms with E-state index in [2.05, 4.69) is 21.2 Å². The van der Waals surface area contributed by atoms with Crippen LogP contribution in [-0.2, 0) is 14.6 Å². The molecule has 2 N–H and O–H groups in total. The Labute approximate surface area is 227 Å². The first-order chi connectivity index (χ1) is 18.8. The topological polar surface area (TPSA) is 156 Å². The molecule has 11 heteroatoms. The Balaban J connectivity index is 1.44. The molecule has 2 atom stereocenters. The Hall–Kier alpha value is -3.78. The minimum absolute atomic E-state index is 0.140. The Morgan fingerprint density at radius 2 is 1.85 bits per heavy atom. The predicted molar refractivity (Wildman–Crippen MR) is 144 cm³/mol. The van der Waals surface area contributed by atoms with Crippen LogP contribution in [-0.4, -0.2) is 54.1 Å². The number of aromatic nitrogens is 3. The van der Waals surface area contributed by atoms with Crippen LogP contribution in [0.25, 0.3) is 22.8 Å². The molecule has 3 aliphatic rings. The minimum Gasteiger partial charge on any atom is -0.439 e. The fourth-order valence-corrected chi connectivity index (χ4v) is 7.72. The van der Waals surface area contributed by atoms with Crippen molar-refractivity contribution in [3.8, 4) is 28.9 Å². The van der Waals surface area contributed by atoms with E-state index in [0.717, 1.165) is 24.1 Å². The number of nitrogens with zero attached hydrogens (tertiary/aromatic N) is 5. The molecule has 2 saturated carbocycles. The maximum atomic E-state index is 13.2. The van der Waals surface area contributed by atoms with Gasteiger partial charge in [-0.1, -0.05) is 25.0 Å². The van der Waals surface area contributed by atoms with Crippen LogP contribution in [0.4, 0.5) is 5.69 Å². The van der Waals surface area contributed by atoms with Crippen molar-refractivity contribution in [2.75, 3.05) is 29.5 Å². The summed E-state index contributed by atoms with van der Waals surface area (Å²) in [6.45, 7) is 0.903. The van der Waals surface area contributed by atoms with E-state index < -0.39 is 32.5 Å². The molecule has 3 heterocycles. The first-order valence-electron chi connectivity index (χ1n) is 13.3. The third-order valence-corrected chi connectivity index (χ3v) is 10.4. The zero-order valence-electron chi connectivity index (χ0n) is 21.5. The number of oxazole rings is 1. The molecule has 3 fully saturated rings. The lowest BCUT2D eigenvalue weighted by atomic mass is 9.56. The Morgan fingerprint density at radius 3 is 2.46 bits per heavy atom. The second-order valence-corrected chi connectivity index (χ2v) is 13.2. The first kappa shape index (κ1) is 25.5. The summed E-state index contributed by atoms with van der Waals surface area (Å²) in [5.74, 6) is 0.273. The number of amides is 1. The highest BCUT2D eigenvalue weighted by atomic mass is 32.2. The summed E-state index contributed by atoms with van der Waals surface area (Å²) in [6, 6.07) is 13.8. The number of nitrogens with two attached hydrogens (primary N) is 1. The largest absolute Gasteiger partial charge is 0.439 e. The normalized spacial score (nSPS) is 25.5. The zero-order chi connectivity index (χ0) is 27.3. The number of nitriles is 1. The molecular weight excluding hydrogens is 516 g/mol. The highest BCUT2D eigenvalue weighted by molar-refractivity contribution is 7.91. The van der Waals surface area contributed by atoms with E-state index in [1.807, 2.05) is 24.3 Å². The fraction of sp³-hybridized carbons (Fsp3) is 0.464. The van der Waals surface area contributed by atoms with Crippen molar-refractivity contribution >= 4 is 21.4 Å². The van der Waals surface area contributed by atoms with Gasteiger partial charge in [-0.05, 0) is 49.9 Å². The van der Waals surface area contributed by atoms with Gasteiger partial charge in [0.15, 0.2) is 9.84 Å². The monoisotopic (exact) mass is 546 g/mol. The number of sulfone groups is 1. The smallest absolute Gasteiger partial charge is 0.247 e. The molecule has 1 aliphatic heterocycles. The van der Waals surface area contributed by atoms with Crippen molar-refractivity contribution in [1.82, 2.24) is 15.2 Å². The van der Waals surface area contributed by atoms with Crippen LogP contribution in [0.5, 0.6) is 0 Å². The van der Waals surface area contributed by atoms with E-state index in [0.29, 0.717) is 61.8 Å². The second kappa shape index (κ2) is 9.45. The van der Waals surface area contributed by atoms with E-state index in [4.69, 9.17) is 15.1 Å². The van der Waals surface area contributed by atoms with Crippen molar-refractivity contribution < 1.29 is 17.6 Å². The number of carbonyl (C=O) groups is 1. The van der Waals surface area contributed by atoms with Crippen LogP contribution < -0.4 is 10.6 Å². The minimum atomic E-state index is -2.98. The van der Waals surface area contributed by atoms with Gasteiger partial charge in [0.1, 0.15) is 17.1 Å². The maximum absolute atomic E-state index is 13.2. The zero-order valence-corrected chi connectivity index (χ0v) is 22.4. The number of primary amides is 1. The van der Waals surface area contributed by atoms with Gasteiger partial charge in [-0.3, -0.25) is 4.79 Å². The van der Waals surface area contributed by atoms with Gasteiger partial charge >= 0.3 is 0 Å². The molecular formula is C28H30N6O4S. The standard InChI is InChI=1S/C28H30N6O4S/c29-18-27(11-12-27)28(26(30)35)10-2-1-4-21(28)24-23(32-25(38-24)22-5-3-13-31-33-22)19-6-8-20(9-7-19)34-14-16-39(36,37)17-15-34/h3,5-9,13,21H,1-2,4,10-12,14-17H2,(H2,30,35). The lowest BCUT2D eigenvalue weighted by Gasteiger charge is -2.44. The molecule has 2 aromatic heterocycles. The van der Waals surface area contributed by atoms with Crippen LogP contribution in [0.1, 0.15) is 50.2 Å². The number of benzene rings is 1. The van der Waals surface area contributed by atoms with E-state index in [1.165, 1.54) is 0 Å². The quantitative estimate of drug-likeness (QED) is 0.489. The van der Waals surface area contributed by atoms with Gasteiger partial charge in [0.25, 0.3) is 0 Å². The van der Waals surface area contributed by atoms with Crippen molar-refractivity contribution in [2.24, 2.45) is 16.6 Å². The number of anilines is 1. The number of rotatable bonds is 6. The average Bonchev–Trinajstić information content (AvgIpc) is 3.64. The molecule has 39 heavy (non-hydrogen) atoms. The summed E-state index contributed by atoms with van der Waals surface area (Å²) in [5, 5.41) is 18.3. The molecule has 2 aliphatic carbocycles. The first-order valence-corrected chi connectivity index (χ1v) is 15.2. The molecule has 3 aromatic rings. The molecule has 10 nitrogen and oxygen atoms in total. The Bertz CT molecular complexity index is 1530. The summed E-state index contributed by atoms with van der Waals surface area (Å²) in [5.41, 5.74) is 7.10. The fourth-order valence-electron chi connectivity index (χ4n) is 6.51. The van der Waals surface area contributed by atoms with E-state index in [1.54, 1.807) is 18.3 Å². The molecule has 0 bridgehead atoms. The number of carbonyl (C=O) groups excluding carboxylic acids is 1. The lowest BCUT2D eigenvalue weighted by Crippen LogP contribution is -2.50. The average molecular weight is 547 g/mol. The molecule has 0 radical (unpaired) electrons. The molecule has 6 rings (SSSR count). The van der Waals surface area contributed by atoms with Crippen LogP contribution >= 0.6 is 0 Å². The van der Waals surface area contributed by atoms with Crippen LogP contribution in [0, 0.1) is 22.2 Å². The van der Waals surface area contributed by atoms with Crippen molar-refractivity contribution in [2.45, 2.75) is 44.4 Å². The lowest BCUT2D eigenvalue weighted by molar-refractivity contribution is -0.135. The molecule has 2 unspecified atom stereocenters. The molecule has 0 spiro atoms. The third kappa shape index (κ3) is 4.27. The summed E-state index contributed by atoms with van der Waals surface area (Å²) in [4.78, 5) is 20.1. The maximum Gasteiger partial charge on any atom is 0.247 e. The van der Waals surface area contributed by atoms with Gasteiger partial charge in [-0.25, -0.2) is 13.4 Å². The van der Waals surface area contributed by atoms with Gasteiger partial charge < -0.3 is 15.1 Å². The van der Waals surface area contributed by atoms with Crippen molar-refractivity contribution in [1.29, 1.82) is 5.26 Å². The molecule has 1 saturated heterocycles. The summed E-state index contributed by atoms with van der Waals surface area (Å²) in [6.07, 6.45) is 5.77. The van der Waals surface area contributed by atoms with E-state index in [9.17, 15) is 18.5 Å². The SMILES string of the molecule is N#CC1(C2(C(N)=O)CCCCC2c2oc(-c3cccnn3)nc2-c2ccc(N3CCS(=O)(=O)CC3)cc2)CC1. The highest BCUT2D eigenvalue weighted by Gasteiger charge is 2.67. The molecule has 1 aromatic carbocycles. The Kier molecular flexibility index (Phi) is 6.18. The Morgan fingerprint density at radius 1 is 1.10 bits per heavy atom. The summed E-state index contributed by atoms with van der Waals surface area (Å²) < 4.78 is 30.2. The third-order valence-electron chi connectivity index (χ3n) is 8.78. The summed E-state index contributed by atoms with van der Waals surface area (Å²) in [7, 11) is -2.98. The van der Waals surface area contributed by atoms with Gasteiger partial charge in [0, 0.05) is 36.5 Å². The summed E-state index contributed by atoms with van der Waals surface area (Å²) >= 11 is 0. The van der Waals surface area contributed by atoms with E-state index >= 15 is 0 Å². The van der Waals surface area contributed by atoms with Crippen LogP contribution in [0.15, 0.2) is 47.0 Å². The molecule has 202 valence electrons. The van der Waals surface area contributed by atoms with Crippen molar-refractivity contribution in [3.63, 3.8) is 0 Å². The molecule has 1 amide bonds. The number of hydrogen-bond donors (Lipinski definition) is 1. The second-order valence-electron chi connectivity index (χ2n) is 10.9. The number of hydrogen-bond acceptors (Lipinski definition) is 9. The van der Waals surface area contributed by atoms with Gasteiger partial charge in [-0.15, -0.1) is 5.10 Å².